The second-order valence-electron chi connectivity index (χ2n) is 3.47. The van der Waals surface area contributed by atoms with Crippen molar-refractivity contribution in [2.24, 2.45) is 0 Å². The maximum absolute atomic E-state index is 13.0. The predicted molar refractivity (Wildman–Crippen MR) is 62.0 cm³/mol. The third-order valence-electron chi connectivity index (χ3n) is 2.14. The zero-order valence-corrected chi connectivity index (χ0v) is 9.76. The van der Waals surface area contributed by atoms with E-state index in [2.05, 4.69) is 4.98 Å². The van der Waals surface area contributed by atoms with Crippen LogP contribution < -0.4 is 0 Å². The van der Waals surface area contributed by atoms with Gasteiger partial charge in [-0.2, -0.15) is 0 Å². The van der Waals surface area contributed by atoms with Crippen molar-refractivity contribution in [1.82, 2.24) is 4.98 Å². The van der Waals surface area contributed by atoms with E-state index in [-0.39, 0.29) is 5.82 Å². The third-order valence-corrected chi connectivity index (χ3v) is 3.03. The average Bonchev–Trinajstić information content (AvgIpc) is 2.66. The number of nitrogens with zero attached hydrogens (tertiary/aromatic N) is 1. The second-order valence-corrected chi connectivity index (χ2v) is 4.41. The predicted octanol–water partition coefficient (Wildman–Crippen LogP) is 3.02. The first-order chi connectivity index (χ1) is 7.78. The molecule has 0 amide bonds. The Morgan fingerprint density at radius 1 is 1.44 bits per heavy atom. The Balaban J connectivity index is 2.08. The molecule has 0 aliphatic carbocycles. The molecule has 84 valence electrons. The summed E-state index contributed by atoms with van der Waals surface area (Å²) in [6.07, 6.45) is 0.673. The fourth-order valence-electron chi connectivity index (χ4n) is 1.47. The van der Waals surface area contributed by atoms with Gasteiger partial charge in [0.15, 0.2) is 0 Å². The molecule has 0 saturated carbocycles. The molecule has 0 aliphatic rings. The van der Waals surface area contributed by atoms with Gasteiger partial charge < -0.3 is 4.74 Å². The van der Waals surface area contributed by atoms with E-state index in [0.29, 0.717) is 13.0 Å². The SMILES string of the molecule is COCc1csc(Cc2cccc(F)c2)n1. The van der Waals surface area contributed by atoms with Crippen molar-refractivity contribution < 1.29 is 9.13 Å². The van der Waals surface area contributed by atoms with Gasteiger partial charge >= 0.3 is 0 Å². The fourth-order valence-corrected chi connectivity index (χ4v) is 2.28. The normalized spacial score (nSPS) is 10.6. The van der Waals surface area contributed by atoms with Crippen LogP contribution in [0.5, 0.6) is 0 Å². The van der Waals surface area contributed by atoms with Crippen LogP contribution >= 0.6 is 11.3 Å². The number of ether oxygens (including phenoxy) is 1. The Bertz CT molecular complexity index is 470. The number of halogens is 1. The van der Waals surface area contributed by atoms with Crippen LogP contribution in [-0.2, 0) is 17.8 Å². The number of hydrogen-bond acceptors (Lipinski definition) is 3. The van der Waals surface area contributed by atoms with E-state index in [9.17, 15) is 4.39 Å². The molecule has 1 aromatic heterocycles. The van der Waals surface area contributed by atoms with Crippen molar-refractivity contribution in [3.05, 3.63) is 51.7 Å². The topological polar surface area (TPSA) is 22.1 Å². The number of hydrogen-bond donors (Lipinski definition) is 0. The largest absolute Gasteiger partial charge is 0.378 e. The highest BCUT2D eigenvalue weighted by molar-refractivity contribution is 7.09. The van der Waals surface area contributed by atoms with Crippen LogP contribution in [-0.4, -0.2) is 12.1 Å². The Morgan fingerprint density at radius 3 is 3.06 bits per heavy atom. The van der Waals surface area contributed by atoms with Crippen LogP contribution in [0.25, 0.3) is 0 Å². The molecular formula is C12H12FNOS. The van der Waals surface area contributed by atoms with Crippen molar-refractivity contribution in [1.29, 1.82) is 0 Å². The van der Waals surface area contributed by atoms with Gasteiger partial charge in [0, 0.05) is 18.9 Å². The van der Waals surface area contributed by atoms with Crippen LogP contribution in [0.4, 0.5) is 4.39 Å². The minimum atomic E-state index is -0.203. The molecule has 0 unspecified atom stereocenters. The van der Waals surface area contributed by atoms with E-state index in [0.717, 1.165) is 16.3 Å². The number of thiazole rings is 1. The first kappa shape index (κ1) is 11.2. The maximum Gasteiger partial charge on any atom is 0.123 e. The van der Waals surface area contributed by atoms with Gasteiger partial charge in [-0.05, 0) is 17.7 Å². The molecule has 0 saturated heterocycles. The van der Waals surface area contributed by atoms with Gasteiger partial charge in [-0.1, -0.05) is 12.1 Å². The molecule has 0 fully saturated rings. The van der Waals surface area contributed by atoms with Crippen LogP contribution in [0.1, 0.15) is 16.3 Å². The zero-order chi connectivity index (χ0) is 11.4. The molecule has 2 rings (SSSR count). The fraction of sp³-hybridized carbons (Fsp3) is 0.250. The monoisotopic (exact) mass is 237 g/mol. The quantitative estimate of drug-likeness (QED) is 0.815. The highest BCUT2D eigenvalue weighted by Crippen LogP contribution is 2.15. The Kier molecular flexibility index (Phi) is 3.64. The van der Waals surface area contributed by atoms with Gasteiger partial charge in [0.2, 0.25) is 0 Å². The lowest BCUT2D eigenvalue weighted by atomic mass is 10.1. The molecule has 1 heterocycles. The maximum atomic E-state index is 13.0. The van der Waals surface area contributed by atoms with Crippen molar-refractivity contribution in [2.75, 3.05) is 7.11 Å². The van der Waals surface area contributed by atoms with E-state index in [1.165, 1.54) is 12.1 Å². The Labute approximate surface area is 97.7 Å². The Hall–Kier alpha value is -1.26. The molecule has 0 N–H and O–H groups in total. The molecule has 2 nitrogen and oxygen atoms in total. The van der Waals surface area contributed by atoms with Crippen LogP contribution in [0.2, 0.25) is 0 Å². The minimum Gasteiger partial charge on any atom is -0.378 e. The Morgan fingerprint density at radius 2 is 2.31 bits per heavy atom. The van der Waals surface area contributed by atoms with Gasteiger partial charge in [0.05, 0.1) is 17.3 Å². The van der Waals surface area contributed by atoms with Crippen LogP contribution in [0, 0.1) is 5.82 Å². The summed E-state index contributed by atoms with van der Waals surface area (Å²) in [6.45, 7) is 0.527. The van der Waals surface area contributed by atoms with E-state index in [1.54, 1.807) is 24.5 Å². The van der Waals surface area contributed by atoms with Crippen molar-refractivity contribution in [3.63, 3.8) is 0 Å². The van der Waals surface area contributed by atoms with E-state index < -0.39 is 0 Å². The van der Waals surface area contributed by atoms with Gasteiger partial charge in [0.1, 0.15) is 5.82 Å². The molecule has 0 bridgehead atoms. The number of benzene rings is 1. The summed E-state index contributed by atoms with van der Waals surface area (Å²) in [5.41, 5.74) is 1.87. The summed E-state index contributed by atoms with van der Waals surface area (Å²) in [5, 5.41) is 2.95. The smallest absolute Gasteiger partial charge is 0.123 e. The van der Waals surface area contributed by atoms with Gasteiger partial charge in [0.25, 0.3) is 0 Å². The number of methoxy groups -OCH3 is 1. The molecule has 0 atom stereocenters. The van der Waals surface area contributed by atoms with Crippen molar-refractivity contribution in [2.45, 2.75) is 13.0 Å². The molecular weight excluding hydrogens is 225 g/mol. The molecule has 0 radical (unpaired) electrons. The molecule has 1 aromatic carbocycles. The second kappa shape index (κ2) is 5.18. The van der Waals surface area contributed by atoms with E-state index in [1.807, 2.05) is 11.4 Å². The zero-order valence-electron chi connectivity index (χ0n) is 8.94. The van der Waals surface area contributed by atoms with E-state index >= 15 is 0 Å². The van der Waals surface area contributed by atoms with Crippen molar-refractivity contribution >= 4 is 11.3 Å². The number of aromatic nitrogens is 1. The third kappa shape index (κ3) is 2.87. The lowest BCUT2D eigenvalue weighted by molar-refractivity contribution is 0.182. The van der Waals surface area contributed by atoms with Crippen LogP contribution in [0.3, 0.4) is 0 Å². The van der Waals surface area contributed by atoms with Gasteiger partial charge in [-0.15, -0.1) is 11.3 Å². The highest BCUT2D eigenvalue weighted by Gasteiger charge is 2.03. The van der Waals surface area contributed by atoms with Crippen molar-refractivity contribution in [3.8, 4) is 0 Å². The standard InChI is InChI=1S/C12H12FNOS/c1-15-7-11-8-16-12(14-11)6-9-3-2-4-10(13)5-9/h2-5,8H,6-7H2,1H3. The summed E-state index contributed by atoms with van der Waals surface area (Å²) < 4.78 is 18.0. The number of rotatable bonds is 4. The minimum absolute atomic E-state index is 0.203. The summed E-state index contributed by atoms with van der Waals surface area (Å²) in [4.78, 5) is 4.40. The lowest BCUT2D eigenvalue weighted by Gasteiger charge is -1.97. The van der Waals surface area contributed by atoms with E-state index in [4.69, 9.17) is 4.74 Å². The average molecular weight is 237 g/mol. The summed E-state index contributed by atoms with van der Waals surface area (Å²) in [7, 11) is 1.64. The first-order valence-corrected chi connectivity index (χ1v) is 5.82. The molecule has 2 aromatic rings. The summed E-state index contributed by atoms with van der Waals surface area (Å²) in [5.74, 6) is -0.203. The molecule has 4 heteroatoms. The van der Waals surface area contributed by atoms with Gasteiger partial charge in [-0.3, -0.25) is 0 Å². The van der Waals surface area contributed by atoms with Gasteiger partial charge in [-0.25, -0.2) is 9.37 Å². The summed E-state index contributed by atoms with van der Waals surface area (Å²) in [6, 6.07) is 6.61. The first-order valence-electron chi connectivity index (χ1n) is 4.94. The molecule has 0 spiro atoms. The highest BCUT2D eigenvalue weighted by atomic mass is 32.1. The molecule has 16 heavy (non-hydrogen) atoms. The summed E-state index contributed by atoms with van der Waals surface area (Å²) >= 11 is 1.58. The molecule has 0 aliphatic heterocycles. The van der Waals surface area contributed by atoms with Crippen LogP contribution in [0.15, 0.2) is 29.6 Å². The lowest BCUT2D eigenvalue weighted by Crippen LogP contribution is -1.91.